The maximum Gasteiger partial charge on any atom is 0.243 e. The van der Waals surface area contributed by atoms with Crippen molar-refractivity contribution in [2.24, 2.45) is 4.99 Å². The summed E-state index contributed by atoms with van der Waals surface area (Å²) < 4.78 is 0. The van der Waals surface area contributed by atoms with E-state index < -0.39 is 0 Å². The van der Waals surface area contributed by atoms with Gasteiger partial charge in [-0.15, -0.1) is 30.4 Å². The van der Waals surface area contributed by atoms with Crippen LogP contribution >= 0.6 is 35.3 Å². The Hall–Kier alpha value is -2.05. The van der Waals surface area contributed by atoms with Gasteiger partial charge in [0.15, 0.2) is 5.96 Å². The predicted octanol–water partition coefficient (Wildman–Crippen LogP) is 3.04. The Balaban J connectivity index is 0.00000312. The minimum absolute atomic E-state index is 0. The molecular weight excluding hydrogens is 447 g/mol. The van der Waals surface area contributed by atoms with Gasteiger partial charge in [-0.25, -0.2) is 4.99 Å². The van der Waals surface area contributed by atoms with E-state index in [9.17, 15) is 4.79 Å². The van der Waals surface area contributed by atoms with Gasteiger partial charge >= 0.3 is 0 Å². The highest BCUT2D eigenvalue weighted by molar-refractivity contribution is 14.0. The Labute approximate surface area is 169 Å². The van der Waals surface area contributed by atoms with Gasteiger partial charge in [0.05, 0.1) is 13.1 Å². The van der Waals surface area contributed by atoms with Gasteiger partial charge in [0, 0.05) is 17.8 Å². The third-order valence-electron chi connectivity index (χ3n) is 3.07. The van der Waals surface area contributed by atoms with Crippen molar-refractivity contribution in [2.75, 3.05) is 18.4 Å². The third kappa shape index (κ3) is 7.58. The molecule has 2 aromatic rings. The number of nitrogens with one attached hydrogen (secondary N) is 3. The molecule has 1 aromatic heterocycles. The van der Waals surface area contributed by atoms with Crippen LogP contribution in [0.4, 0.5) is 5.69 Å². The first-order chi connectivity index (χ1) is 11.7. The van der Waals surface area contributed by atoms with Gasteiger partial charge in [-0.2, -0.15) is 11.3 Å². The van der Waals surface area contributed by atoms with E-state index in [0.717, 1.165) is 17.7 Å². The van der Waals surface area contributed by atoms with Crippen LogP contribution in [0.25, 0.3) is 0 Å². The molecule has 0 unspecified atom stereocenters. The molecule has 0 spiro atoms. The number of anilines is 1. The van der Waals surface area contributed by atoms with Crippen molar-refractivity contribution in [1.29, 1.82) is 0 Å². The average molecular weight is 468 g/mol. The van der Waals surface area contributed by atoms with Crippen molar-refractivity contribution < 1.29 is 4.79 Å². The molecule has 2 rings (SSSR count). The number of nitrogens with zero attached hydrogens (tertiary/aromatic N) is 1. The highest BCUT2D eigenvalue weighted by Gasteiger charge is 2.05. The maximum absolute atomic E-state index is 12.0. The average Bonchev–Trinajstić information content (AvgIpc) is 3.11. The van der Waals surface area contributed by atoms with Gasteiger partial charge in [0.1, 0.15) is 0 Å². The lowest BCUT2D eigenvalue weighted by molar-refractivity contribution is -0.115. The second-order valence-electron chi connectivity index (χ2n) is 4.95. The van der Waals surface area contributed by atoms with Gasteiger partial charge in [-0.1, -0.05) is 12.0 Å². The molecule has 0 aliphatic carbocycles. The molecule has 0 fully saturated rings. The minimum Gasteiger partial charge on any atom is -0.357 e. The Morgan fingerprint density at radius 1 is 1.32 bits per heavy atom. The SMILES string of the molecule is C#Cc1cccc(NC(=O)CNC(=NCc2ccsc2)NCC)c1.I. The number of halogens is 1. The van der Waals surface area contributed by atoms with Crippen LogP contribution in [0.1, 0.15) is 18.1 Å². The van der Waals surface area contributed by atoms with Gasteiger partial charge in [-0.3, -0.25) is 4.79 Å². The third-order valence-corrected chi connectivity index (χ3v) is 3.81. The van der Waals surface area contributed by atoms with E-state index in [2.05, 4.69) is 32.2 Å². The Morgan fingerprint density at radius 2 is 2.16 bits per heavy atom. The summed E-state index contributed by atoms with van der Waals surface area (Å²) in [5.74, 6) is 2.99. The van der Waals surface area contributed by atoms with Gasteiger partial charge in [0.25, 0.3) is 0 Å². The van der Waals surface area contributed by atoms with E-state index >= 15 is 0 Å². The number of guanidine groups is 1. The molecule has 132 valence electrons. The van der Waals surface area contributed by atoms with E-state index in [0.29, 0.717) is 18.2 Å². The lowest BCUT2D eigenvalue weighted by atomic mass is 10.2. The molecule has 3 N–H and O–H groups in total. The van der Waals surface area contributed by atoms with Crippen molar-refractivity contribution >= 4 is 52.9 Å². The van der Waals surface area contributed by atoms with Crippen LogP contribution in [0.15, 0.2) is 46.1 Å². The lowest BCUT2D eigenvalue weighted by Gasteiger charge is -2.11. The molecule has 1 amide bonds. The summed E-state index contributed by atoms with van der Waals surface area (Å²) in [7, 11) is 0. The molecular formula is C18H21IN4OS. The fraction of sp³-hybridized carbons (Fsp3) is 0.222. The molecule has 0 aliphatic rings. The fourth-order valence-corrected chi connectivity index (χ4v) is 2.61. The van der Waals surface area contributed by atoms with E-state index in [1.165, 1.54) is 0 Å². The summed E-state index contributed by atoms with van der Waals surface area (Å²) in [6.07, 6.45) is 5.36. The van der Waals surface area contributed by atoms with Gasteiger partial charge < -0.3 is 16.0 Å². The van der Waals surface area contributed by atoms with Crippen molar-refractivity contribution in [1.82, 2.24) is 10.6 Å². The number of thiophene rings is 1. The monoisotopic (exact) mass is 468 g/mol. The number of aliphatic imine (C=N–C) groups is 1. The Morgan fingerprint density at radius 3 is 2.84 bits per heavy atom. The van der Waals surface area contributed by atoms with Crippen molar-refractivity contribution in [3.05, 3.63) is 52.2 Å². The zero-order chi connectivity index (χ0) is 17.2. The van der Waals surface area contributed by atoms with Crippen molar-refractivity contribution in [3.63, 3.8) is 0 Å². The summed E-state index contributed by atoms with van der Waals surface area (Å²) in [4.78, 5) is 16.5. The highest BCUT2D eigenvalue weighted by Crippen LogP contribution is 2.09. The normalized spacial score (nSPS) is 10.3. The van der Waals surface area contributed by atoms with E-state index in [1.54, 1.807) is 23.5 Å². The fourth-order valence-electron chi connectivity index (χ4n) is 1.95. The van der Waals surface area contributed by atoms with Gasteiger partial charge in [-0.05, 0) is 47.5 Å². The summed E-state index contributed by atoms with van der Waals surface area (Å²) >= 11 is 1.64. The largest absolute Gasteiger partial charge is 0.357 e. The van der Waals surface area contributed by atoms with Gasteiger partial charge in [0.2, 0.25) is 5.91 Å². The number of rotatable bonds is 6. The van der Waals surface area contributed by atoms with Crippen LogP contribution < -0.4 is 16.0 Å². The Bertz CT molecular complexity index is 738. The van der Waals surface area contributed by atoms with Crippen LogP contribution in [-0.4, -0.2) is 25.0 Å². The standard InChI is InChI=1S/C18H20N4OS.HI/c1-3-14-6-5-7-16(10-14)22-17(23)12-21-18(19-4-2)20-11-15-8-9-24-13-15;/h1,5-10,13H,4,11-12H2,2H3,(H,22,23)(H2,19,20,21);1H. The smallest absolute Gasteiger partial charge is 0.243 e. The molecule has 0 aliphatic heterocycles. The zero-order valence-electron chi connectivity index (χ0n) is 13.9. The van der Waals surface area contributed by atoms with Crippen molar-refractivity contribution in [2.45, 2.75) is 13.5 Å². The number of amides is 1. The molecule has 1 aromatic carbocycles. The molecule has 0 saturated carbocycles. The summed E-state index contributed by atoms with van der Waals surface area (Å²) in [6, 6.07) is 9.21. The number of carbonyl (C=O) groups excluding carboxylic acids is 1. The molecule has 7 heteroatoms. The zero-order valence-corrected chi connectivity index (χ0v) is 17.1. The number of hydrogen-bond donors (Lipinski definition) is 3. The second kappa shape index (κ2) is 11.5. The summed E-state index contributed by atoms with van der Waals surface area (Å²) in [5, 5.41) is 13.0. The predicted molar refractivity (Wildman–Crippen MR) is 116 cm³/mol. The molecule has 0 bridgehead atoms. The van der Waals surface area contributed by atoms with Crippen LogP contribution in [0.3, 0.4) is 0 Å². The first-order valence-electron chi connectivity index (χ1n) is 7.61. The summed E-state index contributed by atoms with van der Waals surface area (Å²) in [6.45, 7) is 3.40. The lowest BCUT2D eigenvalue weighted by Crippen LogP contribution is -2.41. The maximum atomic E-state index is 12.0. The van der Waals surface area contributed by atoms with Crippen LogP contribution in [0.2, 0.25) is 0 Å². The highest BCUT2D eigenvalue weighted by atomic mass is 127. The quantitative estimate of drug-likeness (QED) is 0.264. The molecule has 0 atom stereocenters. The Kier molecular flexibility index (Phi) is 9.65. The summed E-state index contributed by atoms with van der Waals surface area (Å²) in [5.41, 5.74) is 2.55. The number of carbonyl (C=O) groups is 1. The molecule has 5 nitrogen and oxygen atoms in total. The first-order valence-corrected chi connectivity index (χ1v) is 8.55. The first kappa shape index (κ1) is 21.0. The minimum atomic E-state index is -0.162. The van der Waals surface area contributed by atoms with Crippen LogP contribution in [0.5, 0.6) is 0 Å². The van der Waals surface area contributed by atoms with E-state index in [4.69, 9.17) is 6.42 Å². The number of terminal acetylenes is 1. The molecule has 25 heavy (non-hydrogen) atoms. The molecule has 0 saturated heterocycles. The van der Waals surface area contributed by atoms with Crippen LogP contribution in [0, 0.1) is 12.3 Å². The van der Waals surface area contributed by atoms with Crippen molar-refractivity contribution in [3.8, 4) is 12.3 Å². The number of hydrogen-bond acceptors (Lipinski definition) is 3. The molecule has 1 heterocycles. The topological polar surface area (TPSA) is 65.5 Å². The number of benzene rings is 1. The second-order valence-corrected chi connectivity index (χ2v) is 5.73. The van der Waals surface area contributed by atoms with E-state index in [1.807, 2.05) is 30.5 Å². The van der Waals surface area contributed by atoms with Crippen LogP contribution in [-0.2, 0) is 11.3 Å². The van der Waals surface area contributed by atoms with E-state index in [-0.39, 0.29) is 36.4 Å². The molecule has 0 radical (unpaired) electrons.